The van der Waals surface area contributed by atoms with Gasteiger partial charge in [0, 0.05) is 12.8 Å². The molecule has 12 heavy (non-hydrogen) atoms. The van der Waals surface area contributed by atoms with Gasteiger partial charge >= 0.3 is 0 Å². The van der Waals surface area contributed by atoms with E-state index in [-0.39, 0.29) is 0 Å². The van der Waals surface area contributed by atoms with E-state index >= 15 is 0 Å². The van der Waals surface area contributed by atoms with Crippen molar-refractivity contribution in [2.24, 2.45) is 5.41 Å². The first-order chi connectivity index (χ1) is 5.81. The maximum absolute atomic E-state index is 11.0. The van der Waals surface area contributed by atoms with Gasteiger partial charge in [-0.15, -0.1) is 0 Å². The molecule has 0 radical (unpaired) electrons. The van der Waals surface area contributed by atoms with Gasteiger partial charge in [-0.1, -0.05) is 24.3 Å². The molecule has 2 aliphatic rings. The largest absolute Gasteiger partial charge is 0.300 e. The highest BCUT2D eigenvalue weighted by atomic mass is 16.1. The van der Waals surface area contributed by atoms with Crippen molar-refractivity contribution in [3.63, 3.8) is 0 Å². The van der Waals surface area contributed by atoms with Gasteiger partial charge in [0.05, 0.1) is 0 Å². The molecule has 1 fully saturated rings. The van der Waals surface area contributed by atoms with Crippen molar-refractivity contribution in [1.29, 1.82) is 0 Å². The average molecular weight is 162 g/mol. The maximum Gasteiger partial charge on any atom is 0.132 e. The summed E-state index contributed by atoms with van der Waals surface area (Å²) < 4.78 is 0. The second-order valence-electron chi connectivity index (χ2n) is 3.89. The lowest BCUT2D eigenvalue weighted by Gasteiger charge is -2.34. The van der Waals surface area contributed by atoms with Crippen LogP contribution >= 0.6 is 0 Å². The van der Waals surface area contributed by atoms with E-state index in [0.717, 1.165) is 32.1 Å². The number of carbonyl (C=O) groups excluding carboxylic acids is 1. The SMILES string of the molecule is O=C1CCC2(C=CC=CC2)CC1. The molecule has 0 aromatic heterocycles. The van der Waals surface area contributed by atoms with Crippen molar-refractivity contribution in [3.8, 4) is 0 Å². The molecule has 1 saturated carbocycles. The van der Waals surface area contributed by atoms with Crippen LogP contribution in [-0.4, -0.2) is 5.78 Å². The molecular weight excluding hydrogens is 148 g/mol. The van der Waals surface area contributed by atoms with Crippen molar-refractivity contribution >= 4 is 5.78 Å². The molecule has 0 N–H and O–H groups in total. The highest BCUT2D eigenvalue weighted by Gasteiger charge is 2.31. The minimum absolute atomic E-state index is 0.350. The number of ketones is 1. The summed E-state index contributed by atoms with van der Waals surface area (Å²) in [5.74, 6) is 0.448. The summed E-state index contributed by atoms with van der Waals surface area (Å²) in [5, 5.41) is 0. The monoisotopic (exact) mass is 162 g/mol. The van der Waals surface area contributed by atoms with Gasteiger partial charge in [-0.25, -0.2) is 0 Å². The van der Waals surface area contributed by atoms with Gasteiger partial charge in [-0.3, -0.25) is 4.79 Å². The lowest BCUT2D eigenvalue weighted by Crippen LogP contribution is -2.25. The Hall–Kier alpha value is -0.850. The molecule has 64 valence electrons. The van der Waals surface area contributed by atoms with Gasteiger partial charge in [0.1, 0.15) is 5.78 Å². The van der Waals surface area contributed by atoms with Crippen LogP contribution < -0.4 is 0 Å². The normalized spacial score (nSPS) is 26.5. The zero-order valence-corrected chi connectivity index (χ0v) is 7.25. The van der Waals surface area contributed by atoms with Crippen LogP contribution in [0.4, 0.5) is 0 Å². The number of Topliss-reactive ketones (excluding diaryl/α,β-unsaturated/α-hetero) is 1. The Morgan fingerprint density at radius 3 is 2.50 bits per heavy atom. The zero-order valence-electron chi connectivity index (χ0n) is 7.25. The van der Waals surface area contributed by atoms with Crippen LogP contribution in [-0.2, 0) is 4.79 Å². The van der Waals surface area contributed by atoms with E-state index in [0.29, 0.717) is 11.2 Å². The first kappa shape index (κ1) is 7.78. The van der Waals surface area contributed by atoms with Crippen LogP contribution in [0.3, 0.4) is 0 Å². The molecule has 0 aromatic carbocycles. The van der Waals surface area contributed by atoms with Crippen molar-refractivity contribution in [3.05, 3.63) is 24.3 Å². The number of rotatable bonds is 0. The van der Waals surface area contributed by atoms with Crippen molar-refractivity contribution in [2.75, 3.05) is 0 Å². The Kier molecular flexibility index (Phi) is 1.87. The Morgan fingerprint density at radius 2 is 1.92 bits per heavy atom. The molecule has 1 heteroatoms. The topological polar surface area (TPSA) is 17.1 Å². The Labute approximate surface area is 73.2 Å². The third-order valence-corrected chi connectivity index (χ3v) is 3.02. The summed E-state index contributed by atoms with van der Waals surface area (Å²) in [6.45, 7) is 0. The summed E-state index contributed by atoms with van der Waals surface area (Å²) in [7, 11) is 0. The minimum atomic E-state index is 0.350. The summed E-state index contributed by atoms with van der Waals surface area (Å²) in [4.78, 5) is 11.0. The van der Waals surface area contributed by atoms with Crippen molar-refractivity contribution in [2.45, 2.75) is 32.1 Å². The van der Waals surface area contributed by atoms with E-state index in [2.05, 4.69) is 24.3 Å². The predicted molar refractivity (Wildman–Crippen MR) is 48.8 cm³/mol. The number of carbonyl (C=O) groups is 1. The summed E-state index contributed by atoms with van der Waals surface area (Å²) >= 11 is 0. The third kappa shape index (κ3) is 1.36. The number of hydrogen-bond acceptors (Lipinski definition) is 1. The zero-order chi connectivity index (χ0) is 8.44. The molecule has 0 aliphatic heterocycles. The smallest absolute Gasteiger partial charge is 0.132 e. The lowest BCUT2D eigenvalue weighted by atomic mass is 9.70. The van der Waals surface area contributed by atoms with Crippen LogP contribution in [0.25, 0.3) is 0 Å². The fourth-order valence-corrected chi connectivity index (χ4v) is 2.11. The van der Waals surface area contributed by atoms with E-state index < -0.39 is 0 Å². The quantitative estimate of drug-likeness (QED) is 0.535. The molecule has 0 saturated heterocycles. The second-order valence-corrected chi connectivity index (χ2v) is 3.89. The van der Waals surface area contributed by atoms with Crippen molar-refractivity contribution in [1.82, 2.24) is 0 Å². The summed E-state index contributed by atoms with van der Waals surface area (Å²) in [6, 6.07) is 0. The van der Waals surface area contributed by atoms with Gasteiger partial charge in [0.2, 0.25) is 0 Å². The van der Waals surface area contributed by atoms with Crippen LogP contribution in [0, 0.1) is 5.41 Å². The fraction of sp³-hybridized carbons (Fsp3) is 0.545. The van der Waals surface area contributed by atoms with Gasteiger partial charge in [0.15, 0.2) is 0 Å². The Bertz CT molecular complexity index is 238. The van der Waals surface area contributed by atoms with Gasteiger partial charge in [-0.05, 0) is 24.7 Å². The highest BCUT2D eigenvalue weighted by molar-refractivity contribution is 5.79. The molecule has 0 aromatic rings. The van der Waals surface area contributed by atoms with Crippen LogP contribution in [0.1, 0.15) is 32.1 Å². The minimum Gasteiger partial charge on any atom is -0.300 e. The first-order valence-electron chi connectivity index (χ1n) is 4.67. The van der Waals surface area contributed by atoms with E-state index in [1.807, 2.05) is 0 Å². The van der Waals surface area contributed by atoms with Crippen molar-refractivity contribution < 1.29 is 4.79 Å². The van der Waals surface area contributed by atoms with E-state index in [1.165, 1.54) is 0 Å². The van der Waals surface area contributed by atoms with Gasteiger partial charge in [-0.2, -0.15) is 0 Å². The number of hydrogen-bond donors (Lipinski definition) is 0. The van der Waals surface area contributed by atoms with E-state index in [4.69, 9.17) is 0 Å². The molecule has 0 heterocycles. The van der Waals surface area contributed by atoms with Crippen LogP contribution in [0.5, 0.6) is 0 Å². The summed E-state index contributed by atoms with van der Waals surface area (Å²) in [5.41, 5.74) is 0.350. The standard InChI is InChI=1S/C11H14O/c12-10-4-8-11(9-5-10)6-2-1-3-7-11/h1-3,6H,4-5,7-9H2. The maximum atomic E-state index is 11.0. The molecule has 0 bridgehead atoms. The first-order valence-corrected chi connectivity index (χ1v) is 4.67. The molecule has 2 aliphatic carbocycles. The third-order valence-electron chi connectivity index (χ3n) is 3.02. The number of allylic oxidation sites excluding steroid dienone is 4. The Balaban J connectivity index is 2.08. The van der Waals surface area contributed by atoms with E-state index in [1.54, 1.807) is 0 Å². The molecule has 1 nitrogen and oxygen atoms in total. The summed E-state index contributed by atoms with van der Waals surface area (Å²) in [6.07, 6.45) is 13.6. The van der Waals surface area contributed by atoms with Gasteiger partial charge < -0.3 is 0 Å². The predicted octanol–water partition coefficient (Wildman–Crippen LogP) is 2.63. The second kappa shape index (κ2) is 2.89. The highest BCUT2D eigenvalue weighted by Crippen LogP contribution is 2.41. The lowest BCUT2D eigenvalue weighted by molar-refractivity contribution is -0.121. The molecule has 2 rings (SSSR count). The molecule has 1 spiro atoms. The molecule has 0 atom stereocenters. The molecule has 0 unspecified atom stereocenters. The fourth-order valence-electron chi connectivity index (χ4n) is 2.11. The van der Waals surface area contributed by atoms with Crippen LogP contribution in [0.15, 0.2) is 24.3 Å². The Morgan fingerprint density at radius 1 is 1.17 bits per heavy atom. The van der Waals surface area contributed by atoms with Crippen LogP contribution in [0.2, 0.25) is 0 Å². The van der Waals surface area contributed by atoms with E-state index in [9.17, 15) is 4.79 Å². The molecular formula is C11H14O. The molecule has 0 amide bonds. The van der Waals surface area contributed by atoms with Gasteiger partial charge in [0.25, 0.3) is 0 Å². The average Bonchev–Trinajstić information content (AvgIpc) is 2.13.